The second-order valence-corrected chi connectivity index (χ2v) is 5.65. The summed E-state index contributed by atoms with van der Waals surface area (Å²) in [6.07, 6.45) is 1.46. The highest BCUT2D eigenvalue weighted by Gasteiger charge is 2.24. The van der Waals surface area contributed by atoms with Gasteiger partial charge in [0.2, 0.25) is 5.91 Å². The first-order valence-electron chi connectivity index (χ1n) is 8.33. The van der Waals surface area contributed by atoms with E-state index in [0.717, 1.165) is 18.4 Å². The zero-order chi connectivity index (χ0) is 18.7. The normalized spacial score (nSPS) is 12.6. The molecule has 25 heavy (non-hydrogen) atoms. The van der Waals surface area contributed by atoms with Crippen molar-refractivity contribution >= 4 is 18.0 Å². The molecular weight excluding hydrogens is 324 g/mol. The van der Waals surface area contributed by atoms with Crippen LogP contribution in [0.5, 0.6) is 0 Å². The summed E-state index contributed by atoms with van der Waals surface area (Å²) in [5, 5.41) is 5.04. The van der Waals surface area contributed by atoms with Crippen molar-refractivity contribution in [1.29, 1.82) is 0 Å². The van der Waals surface area contributed by atoms with Gasteiger partial charge in [-0.1, -0.05) is 50.1 Å². The Balaban J connectivity index is 2.45. The molecule has 0 aliphatic heterocycles. The molecule has 0 spiro atoms. The van der Waals surface area contributed by atoms with E-state index in [1.807, 2.05) is 37.3 Å². The quantitative estimate of drug-likeness (QED) is 0.666. The van der Waals surface area contributed by atoms with E-state index in [4.69, 9.17) is 9.47 Å². The summed E-state index contributed by atoms with van der Waals surface area (Å²) < 4.78 is 9.76. The van der Waals surface area contributed by atoms with Crippen molar-refractivity contribution in [2.75, 3.05) is 7.11 Å². The van der Waals surface area contributed by atoms with Crippen LogP contribution in [0.2, 0.25) is 0 Å². The van der Waals surface area contributed by atoms with Gasteiger partial charge >= 0.3 is 12.1 Å². The smallest absolute Gasteiger partial charge is 0.408 e. The molecule has 1 aromatic carbocycles. The van der Waals surface area contributed by atoms with Crippen LogP contribution in [0.25, 0.3) is 0 Å². The van der Waals surface area contributed by atoms with Crippen molar-refractivity contribution in [1.82, 2.24) is 10.6 Å². The van der Waals surface area contributed by atoms with E-state index in [0.29, 0.717) is 6.42 Å². The average Bonchev–Trinajstić information content (AvgIpc) is 2.63. The van der Waals surface area contributed by atoms with Gasteiger partial charge in [0, 0.05) is 0 Å². The molecule has 0 saturated heterocycles. The minimum atomic E-state index is -0.836. The van der Waals surface area contributed by atoms with Gasteiger partial charge in [-0.05, 0) is 18.9 Å². The van der Waals surface area contributed by atoms with Gasteiger partial charge in [0.15, 0.2) is 0 Å². The molecule has 0 fully saturated rings. The second-order valence-electron chi connectivity index (χ2n) is 5.65. The number of unbranched alkanes of at least 4 members (excludes halogenated alkanes) is 1. The van der Waals surface area contributed by atoms with E-state index in [1.54, 1.807) is 0 Å². The third-order valence-corrected chi connectivity index (χ3v) is 3.59. The van der Waals surface area contributed by atoms with Gasteiger partial charge in [-0.25, -0.2) is 9.59 Å². The maximum absolute atomic E-state index is 12.2. The molecule has 0 bridgehead atoms. The number of ether oxygens (including phenoxy) is 2. The molecule has 1 rings (SSSR count). The lowest BCUT2D eigenvalue weighted by atomic mass is 10.1. The number of hydrogen-bond acceptors (Lipinski definition) is 5. The van der Waals surface area contributed by atoms with E-state index in [2.05, 4.69) is 10.6 Å². The highest BCUT2D eigenvalue weighted by molar-refractivity contribution is 5.89. The molecule has 1 aromatic rings. The molecule has 2 atom stereocenters. The molecule has 0 saturated carbocycles. The highest BCUT2D eigenvalue weighted by atomic mass is 16.5. The number of carbonyl (C=O) groups excluding carboxylic acids is 3. The summed E-state index contributed by atoms with van der Waals surface area (Å²) in [6.45, 7) is 3.62. The Kier molecular flexibility index (Phi) is 9.06. The lowest BCUT2D eigenvalue weighted by Crippen LogP contribution is -2.50. The molecule has 0 aliphatic carbocycles. The molecule has 7 heteroatoms. The lowest BCUT2D eigenvalue weighted by molar-refractivity contribution is -0.145. The number of benzene rings is 1. The minimum absolute atomic E-state index is 0.113. The fourth-order valence-electron chi connectivity index (χ4n) is 2.10. The number of alkyl carbamates (subject to hydrolysis) is 1. The van der Waals surface area contributed by atoms with E-state index < -0.39 is 30.1 Å². The van der Waals surface area contributed by atoms with Gasteiger partial charge in [-0.2, -0.15) is 0 Å². The fraction of sp³-hybridized carbons (Fsp3) is 0.500. The standard InChI is InChI=1S/C18H26N2O5/c1-4-5-11-15(17(22)24-3)20-16(21)13(2)19-18(23)25-12-14-9-7-6-8-10-14/h6-10,13,15H,4-5,11-12H2,1-3H3,(H,19,23)(H,20,21)/t13-,15-/m0/s1. The van der Waals surface area contributed by atoms with Crippen molar-refractivity contribution in [3.8, 4) is 0 Å². The van der Waals surface area contributed by atoms with Gasteiger partial charge in [0.25, 0.3) is 0 Å². The van der Waals surface area contributed by atoms with Crippen LogP contribution in [0.1, 0.15) is 38.7 Å². The maximum Gasteiger partial charge on any atom is 0.408 e. The lowest BCUT2D eigenvalue weighted by Gasteiger charge is -2.19. The average molecular weight is 350 g/mol. The molecule has 2 amide bonds. The Bertz CT molecular complexity index is 562. The summed E-state index contributed by atoms with van der Waals surface area (Å²) in [5.41, 5.74) is 0.847. The number of esters is 1. The largest absolute Gasteiger partial charge is 0.467 e. The first kappa shape index (κ1) is 20.5. The number of methoxy groups -OCH3 is 1. The Hall–Kier alpha value is -2.57. The van der Waals surface area contributed by atoms with Crippen LogP contribution < -0.4 is 10.6 Å². The van der Waals surface area contributed by atoms with Crippen molar-refractivity contribution in [2.24, 2.45) is 0 Å². The number of hydrogen-bond donors (Lipinski definition) is 2. The molecule has 138 valence electrons. The van der Waals surface area contributed by atoms with Crippen molar-refractivity contribution < 1.29 is 23.9 Å². The topological polar surface area (TPSA) is 93.7 Å². The molecule has 0 unspecified atom stereocenters. The van der Waals surface area contributed by atoms with E-state index in [9.17, 15) is 14.4 Å². The van der Waals surface area contributed by atoms with Crippen LogP contribution in [0.15, 0.2) is 30.3 Å². The van der Waals surface area contributed by atoms with Crippen LogP contribution in [-0.4, -0.2) is 37.2 Å². The third-order valence-electron chi connectivity index (χ3n) is 3.59. The molecule has 0 aliphatic rings. The highest BCUT2D eigenvalue weighted by Crippen LogP contribution is 2.04. The number of amides is 2. The molecular formula is C18H26N2O5. The number of rotatable bonds is 9. The summed E-state index contributed by atoms with van der Waals surface area (Å²) >= 11 is 0. The van der Waals surface area contributed by atoms with E-state index in [-0.39, 0.29) is 6.61 Å². The van der Waals surface area contributed by atoms with Crippen LogP contribution in [-0.2, 0) is 25.7 Å². The Labute approximate surface area is 148 Å². The summed E-state index contributed by atoms with van der Waals surface area (Å²) in [4.78, 5) is 35.6. The minimum Gasteiger partial charge on any atom is -0.467 e. The molecule has 7 nitrogen and oxygen atoms in total. The van der Waals surface area contributed by atoms with Crippen molar-refractivity contribution in [3.05, 3.63) is 35.9 Å². The Morgan fingerprint density at radius 2 is 1.80 bits per heavy atom. The maximum atomic E-state index is 12.2. The first-order valence-corrected chi connectivity index (χ1v) is 8.33. The summed E-state index contributed by atoms with van der Waals surface area (Å²) in [7, 11) is 1.27. The predicted octanol–water partition coefficient (Wildman–Crippen LogP) is 2.15. The van der Waals surface area contributed by atoms with Gasteiger partial charge in [-0.3, -0.25) is 4.79 Å². The van der Waals surface area contributed by atoms with Crippen LogP contribution in [0.4, 0.5) is 4.79 Å². The number of nitrogens with one attached hydrogen (secondary N) is 2. The third kappa shape index (κ3) is 7.69. The van der Waals surface area contributed by atoms with Gasteiger partial charge in [-0.15, -0.1) is 0 Å². The molecule has 0 radical (unpaired) electrons. The molecule has 0 aromatic heterocycles. The Morgan fingerprint density at radius 3 is 2.40 bits per heavy atom. The summed E-state index contributed by atoms with van der Waals surface area (Å²) in [6, 6.07) is 7.66. The van der Waals surface area contributed by atoms with Crippen LogP contribution >= 0.6 is 0 Å². The van der Waals surface area contributed by atoms with Gasteiger partial charge < -0.3 is 20.1 Å². The summed E-state index contributed by atoms with van der Waals surface area (Å²) in [5.74, 6) is -0.969. The van der Waals surface area contributed by atoms with E-state index >= 15 is 0 Å². The van der Waals surface area contributed by atoms with Crippen LogP contribution in [0.3, 0.4) is 0 Å². The monoisotopic (exact) mass is 350 g/mol. The predicted molar refractivity (Wildman–Crippen MR) is 92.7 cm³/mol. The molecule has 2 N–H and O–H groups in total. The van der Waals surface area contributed by atoms with E-state index in [1.165, 1.54) is 14.0 Å². The fourth-order valence-corrected chi connectivity index (χ4v) is 2.10. The van der Waals surface area contributed by atoms with Crippen molar-refractivity contribution in [3.63, 3.8) is 0 Å². The zero-order valence-electron chi connectivity index (χ0n) is 14.9. The molecule has 0 heterocycles. The van der Waals surface area contributed by atoms with Gasteiger partial charge in [0.1, 0.15) is 18.7 Å². The SMILES string of the molecule is CCCC[C@H](NC(=O)[C@H](C)NC(=O)OCc1ccccc1)C(=O)OC. The van der Waals surface area contributed by atoms with Crippen LogP contribution in [0, 0.1) is 0 Å². The Morgan fingerprint density at radius 1 is 1.12 bits per heavy atom. The van der Waals surface area contributed by atoms with Gasteiger partial charge in [0.05, 0.1) is 7.11 Å². The second kappa shape index (κ2) is 11.1. The zero-order valence-corrected chi connectivity index (χ0v) is 14.9. The number of carbonyl (C=O) groups is 3. The van der Waals surface area contributed by atoms with Crippen molar-refractivity contribution in [2.45, 2.75) is 51.8 Å². The first-order chi connectivity index (χ1) is 12.0.